The predicted molar refractivity (Wildman–Crippen MR) is 61.9 cm³/mol. The highest BCUT2D eigenvalue weighted by Gasteiger charge is 2.34. The molecule has 1 aliphatic rings. The molecule has 2 nitrogen and oxygen atoms in total. The second-order valence-electron chi connectivity index (χ2n) is 4.37. The first-order valence-corrected chi connectivity index (χ1v) is 5.56. The highest BCUT2D eigenvalue weighted by Crippen LogP contribution is 2.35. The van der Waals surface area contributed by atoms with Crippen LogP contribution in [0.5, 0.6) is 0 Å². The summed E-state index contributed by atoms with van der Waals surface area (Å²) in [5.74, 6) is 0. The number of hydrogen-bond acceptors (Lipinski definition) is 2. The van der Waals surface area contributed by atoms with E-state index in [4.69, 9.17) is 4.74 Å². The van der Waals surface area contributed by atoms with Crippen molar-refractivity contribution in [2.75, 3.05) is 27.2 Å². The third kappa shape index (κ3) is 2.06. The van der Waals surface area contributed by atoms with Gasteiger partial charge in [-0.3, -0.25) is 0 Å². The van der Waals surface area contributed by atoms with Crippen LogP contribution < -0.4 is 0 Å². The van der Waals surface area contributed by atoms with E-state index in [1.165, 1.54) is 5.56 Å². The van der Waals surface area contributed by atoms with E-state index >= 15 is 0 Å². The van der Waals surface area contributed by atoms with Crippen molar-refractivity contribution in [2.45, 2.75) is 18.4 Å². The molecule has 0 atom stereocenters. The van der Waals surface area contributed by atoms with Crippen molar-refractivity contribution in [2.24, 2.45) is 0 Å². The van der Waals surface area contributed by atoms with Gasteiger partial charge in [-0.1, -0.05) is 30.3 Å². The van der Waals surface area contributed by atoms with Gasteiger partial charge in [-0.25, -0.2) is 0 Å². The number of ether oxygens (including phenoxy) is 1. The second-order valence-corrected chi connectivity index (χ2v) is 4.37. The summed E-state index contributed by atoms with van der Waals surface area (Å²) in [7, 11) is 4.00. The molecule has 1 fully saturated rings. The Bertz CT molecular complexity index is 302. The van der Waals surface area contributed by atoms with Crippen molar-refractivity contribution in [3.8, 4) is 0 Å². The molecule has 1 aromatic carbocycles. The first-order chi connectivity index (χ1) is 7.27. The summed E-state index contributed by atoms with van der Waals surface area (Å²) < 4.78 is 5.79. The van der Waals surface area contributed by atoms with Crippen LogP contribution in [0.2, 0.25) is 0 Å². The fraction of sp³-hybridized carbons (Fsp3) is 0.538. The van der Waals surface area contributed by atoms with E-state index in [0.717, 1.165) is 25.9 Å². The Morgan fingerprint density at radius 2 is 1.73 bits per heavy atom. The molecule has 0 N–H and O–H groups in total. The van der Waals surface area contributed by atoms with E-state index in [1.54, 1.807) is 0 Å². The van der Waals surface area contributed by atoms with Crippen molar-refractivity contribution < 1.29 is 4.74 Å². The van der Waals surface area contributed by atoms with Crippen molar-refractivity contribution in [1.82, 2.24) is 4.90 Å². The monoisotopic (exact) mass is 205 g/mol. The van der Waals surface area contributed by atoms with E-state index in [9.17, 15) is 0 Å². The molecule has 1 aromatic rings. The van der Waals surface area contributed by atoms with Gasteiger partial charge in [-0.05, 0) is 25.5 Å². The molecular formula is C13H19NO. The van der Waals surface area contributed by atoms with E-state index in [0.29, 0.717) is 0 Å². The van der Waals surface area contributed by atoms with Gasteiger partial charge in [-0.15, -0.1) is 0 Å². The maximum absolute atomic E-state index is 5.79. The summed E-state index contributed by atoms with van der Waals surface area (Å²) in [5, 5.41) is 0. The predicted octanol–water partition coefficient (Wildman–Crippen LogP) is 2.25. The number of rotatable bonds is 2. The SMILES string of the molecule is COC1(c2ccccc2)CCN(C)CC1. The zero-order valence-electron chi connectivity index (χ0n) is 9.57. The van der Waals surface area contributed by atoms with Gasteiger partial charge in [0, 0.05) is 20.2 Å². The van der Waals surface area contributed by atoms with Crippen LogP contribution in [0.25, 0.3) is 0 Å². The number of likely N-dealkylation sites (tertiary alicyclic amines) is 1. The maximum atomic E-state index is 5.79. The van der Waals surface area contributed by atoms with Gasteiger partial charge >= 0.3 is 0 Å². The van der Waals surface area contributed by atoms with Gasteiger partial charge in [0.2, 0.25) is 0 Å². The highest BCUT2D eigenvalue weighted by molar-refractivity contribution is 5.23. The van der Waals surface area contributed by atoms with Crippen LogP contribution >= 0.6 is 0 Å². The minimum absolute atomic E-state index is 0.0478. The number of piperidine rings is 1. The maximum Gasteiger partial charge on any atom is 0.0951 e. The lowest BCUT2D eigenvalue weighted by atomic mass is 9.84. The first kappa shape index (κ1) is 10.7. The molecule has 0 saturated carbocycles. The quantitative estimate of drug-likeness (QED) is 0.734. The average molecular weight is 205 g/mol. The molecule has 0 aliphatic carbocycles. The number of hydrogen-bond donors (Lipinski definition) is 0. The Labute approximate surface area is 91.9 Å². The van der Waals surface area contributed by atoms with Crippen LogP contribution in [0.1, 0.15) is 18.4 Å². The Balaban J connectivity index is 2.23. The molecule has 0 amide bonds. The van der Waals surface area contributed by atoms with Crippen LogP contribution in [0, 0.1) is 0 Å². The van der Waals surface area contributed by atoms with E-state index in [-0.39, 0.29) is 5.60 Å². The van der Waals surface area contributed by atoms with Crippen molar-refractivity contribution in [1.29, 1.82) is 0 Å². The minimum Gasteiger partial charge on any atom is -0.373 e. The highest BCUT2D eigenvalue weighted by atomic mass is 16.5. The number of methoxy groups -OCH3 is 1. The van der Waals surface area contributed by atoms with E-state index in [1.807, 2.05) is 7.11 Å². The molecule has 15 heavy (non-hydrogen) atoms. The van der Waals surface area contributed by atoms with Gasteiger partial charge in [0.1, 0.15) is 0 Å². The molecule has 2 heteroatoms. The molecule has 0 radical (unpaired) electrons. The Morgan fingerprint density at radius 1 is 1.13 bits per heavy atom. The minimum atomic E-state index is -0.0478. The van der Waals surface area contributed by atoms with Crippen LogP contribution in [-0.2, 0) is 10.3 Å². The van der Waals surface area contributed by atoms with Crippen LogP contribution in [0.3, 0.4) is 0 Å². The molecule has 0 bridgehead atoms. The van der Waals surface area contributed by atoms with Gasteiger partial charge < -0.3 is 9.64 Å². The largest absolute Gasteiger partial charge is 0.373 e. The summed E-state index contributed by atoms with van der Waals surface area (Å²) in [4.78, 5) is 2.36. The fourth-order valence-corrected chi connectivity index (χ4v) is 2.33. The zero-order chi connectivity index (χ0) is 10.7. The Morgan fingerprint density at radius 3 is 2.27 bits per heavy atom. The fourth-order valence-electron chi connectivity index (χ4n) is 2.33. The van der Waals surface area contributed by atoms with Crippen LogP contribution in [0.15, 0.2) is 30.3 Å². The van der Waals surface area contributed by atoms with E-state index < -0.39 is 0 Å². The molecule has 82 valence electrons. The summed E-state index contributed by atoms with van der Waals surface area (Å²) >= 11 is 0. The molecule has 1 saturated heterocycles. The molecule has 0 aromatic heterocycles. The summed E-state index contributed by atoms with van der Waals surface area (Å²) in [6, 6.07) is 10.6. The lowest BCUT2D eigenvalue weighted by molar-refractivity contribution is -0.0585. The lowest BCUT2D eigenvalue weighted by Gasteiger charge is -2.40. The number of nitrogens with zero attached hydrogens (tertiary/aromatic N) is 1. The lowest BCUT2D eigenvalue weighted by Crippen LogP contribution is -2.42. The summed E-state index contributed by atoms with van der Waals surface area (Å²) in [6.45, 7) is 2.23. The third-order valence-electron chi connectivity index (χ3n) is 3.49. The molecule has 1 aliphatic heterocycles. The smallest absolute Gasteiger partial charge is 0.0951 e. The molecule has 0 spiro atoms. The molecular weight excluding hydrogens is 186 g/mol. The van der Waals surface area contributed by atoms with Gasteiger partial charge in [-0.2, -0.15) is 0 Å². The standard InChI is InChI=1S/C13H19NO/c1-14-10-8-13(15-2,9-11-14)12-6-4-3-5-7-12/h3-7H,8-11H2,1-2H3. The summed E-state index contributed by atoms with van der Waals surface area (Å²) in [5.41, 5.74) is 1.27. The van der Waals surface area contributed by atoms with Crippen molar-refractivity contribution >= 4 is 0 Å². The van der Waals surface area contributed by atoms with E-state index in [2.05, 4.69) is 42.3 Å². The molecule has 0 unspecified atom stereocenters. The Kier molecular flexibility index (Phi) is 3.08. The first-order valence-electron chi connectivity index (χ1n) is 5.56. The van der Waals surface area contributed by atoms with Gasteiger partial charge in [0.05, 0.1) is 5.60 Å². The van der Waals surface area contributed by atoms with Crippen LogP contribution in [-0.4, -0.2) is 32.1 Å². The second kappa shape index (κ2) is 4.33. The van der Waals surface area contributed by atoms with Gasteiger partial charge in [0.25, 0.3) is 0 Å². The normalized spacial score (nSPS) is 21.5. The average Bonchev–Trinajstić information content (AvgIpc) is 2.32. The summed E-state index contributed by atoms with van der Waals surface area (Å²) in [6.07, 6.45) is 2.17. The molecule has 1 heterocycles. The molecule has 2 rings (SSSR count). The topological polar surface area (TPSA) is 12.5 Å². The number of benzene rings is 1. The van der Waals surface area contributed by atoms with Gasteiger partial charge in [0.15, 0.2) is 0 Å². The van der Waals surface area contributed by atoms with Crippen molar-refractivity contribution in [3.63, 3.8) is 0 Å². The Hall–Kier alpha value is -0.860. The van der Waals surface area contributed by atoms with Crippen molar-refractivity contribution in [3.05, 3.63) is 35.9 Å². The van der Waals surface area contributed by atoms with Crippen LogP contribution in [0.4, 0.5) is 0 Å². The zero-order valence-corrected chi connectivity index (χ0v) is 9.57. The third-order valence-corrected chi connectivity index (χ3v) is 3.49.